The number of hydrogen-bond acceptors (Lipinski definition) is 1. The van der Waals surface area contributed by atoms with Crippen molar-refractivity contribution >= 4 is 38.9 Å². The van der Waals surface area contributed by atoms with Crippen molar-refractivity contribution in [2.45, 2.75) is 76.0 Å². The molecule has 0 aliphatic heterocycles. The van der Waals surface area contributed by atoms with Gasteiger partial charge in [-0.3, -0.25) is 0 Å². The summed E-state index contributed by atoms with van der Waals surface area (Å²) in [6, 6.07) is 60.6. The predicted octanol–water partition coefficient (Wildman–Crippen LogP) is 14.9. The highest BCUT2D eigenvalue weighted by atomic mass is 15.1. The van der Waals surface area contributed by atoms with Crippen LogP contribution < -0.4 is 4.90 Å². The summed E-state index contributed by atoms with van der Waals surface area (Å²) in [5, 5.41) is 2.58. The van der Waals surface area contributed by atoms with Crippen molar-refractivity contribution in [3.8, 4) is 16.8 Å². The van der Waals surface area contributed by atoms with E-state index in [0.717, 1.165) is 23.7 Å². The average molecular weight is 777 g/mol. The van der Waals surface area contributed by atoms with Crippen molar-refractivity contribution < 1.29 is 0 Å². The maximum absolute atomic E-state index is 2.62. The Bertz CT molecular complexity index is 2980. The molecule has 1 aromatic heterocycles. The van der Waals surface area contributed by atoms with E-state index in [-0.39, 0.29) is 16.2 Å². The van der Waals surface area contributed by atoms with Gasteiger partial charge < -0.3 is 9.47 Å². The summed E-state index contributed by atoms with van der Waals surface area (Å²) in [5.74, 6) is 3.28. The molecule has 0 radical (unpaired) electrons. The van der Waals surface area contributed by atoms with E-state index in [2.05, 4.69) is 195 Å². The van der Waals surface area contributed by atoms with Gasteiger partial charge in [0, 0.05) is 49.8 Å². The molecule has 1 heterocycles. The predicted molar refractivity (Wildman–Crippen MR) is 249 cm³/mol. The fourth-order valence-corrected chi connectivity index (χ4v) is 14.3. The van der Waals surface area contributed by atoms with Gasteiger partial charge in [-0.2, -0.15) is 0 Å². The molecule has 8 aromatic rings. The second-order valence-electron chi connectivity index (χ2n) is 20.2. The van der Waals surface area contributed by atoms with Crippen LogP contribution in [0, 0.1) is 23.7 Å². The summed E-state index contributed by atoms with van der Waals surface area (Å²) < 4.78 is 2.43. The molecule has 6 aliphatic rings. The molecule has 4 saturated carbocycles. The lowest BCUT2D eigenvalue weighted by atomic mass is 9.39. The summed E-state index contributed by atoms with van der Waals surface area (Å²) in [7, 11) is 0. The van der Waals surface area contributed by atoms with Crippen molar-refractivity contribution in [2.75, 3.05) is 4.90 Å². The number of aromatic nitrogens is 1. The first-order chi connectivity index (χ1) is 29.2. The summed E-state index contributed by atoms with van der Waals surface area (Å²) >= 11 is 0. The van der Waals surface area contributed by atoms with Gasteiger partial charge in [0.2, 0.25) is 0 Å². The second-order valence-corrected chi connectivity index (χ2v) is 20.2. The van der Waals surface area contributed by atoms with Crippen LogP contribution in [0.25, 0.3) is 38.6 Å². The molecule has 0 saturated heterocycles. The Hall–Kier alpha value is -5.86. The summed E-state index contributed by atoms with van der Waals surface area (Å²) in [6.45, 7) is 9.79. The quantitative estimate of drug-likeness (QED) is 0.173. The fourth-order valence-electron chi connectivity index (χ4n) is 14.3. The Morgan fingerprint density at radius 3 is 1.57 bits per heavy atom. The molecule has 0 N–H and O–H groups in total. The molecule has 6 aliphatic carbocycles. The van der Waals surface area contributed by atoms with Crippen LogP contribution in [-0.4, -0.2) is 4.57 Å². The number of nitrogens with zero attached hydrogens (tertiary/aromatic N) is 2. The summed E-state index contributed by atoms with van der Waals surface area (Å²) in [6.07, 6.45) is 7.03. The molecule has 0 amide bonds. The first-order valence-electron chi connectivity index (χ1n) is 22.6. The fraction of sp³-hybridized carbons (Fsp3) is 0.276. The Morgan fingerprint density at radius 2 is 0.900 bits per heavy atom. The molecule has 2 nitrogen and oxygen atoms in total. The lowest BCUT2D eigenvalue weighted by molar-refractivity contribution is -0.0443. The van der Waals surface area contributed by atoms with Gasteiger partial charge in [-0.05, 0) is 161 Å². The van der Waals surface area contributed by atoms with Gasteiger partial charge in [-0.25, -0.2) is 0 Å². The highest BCUT2D eigenvalue weighted by molar-refractivity contribution is 6.09. The number of para-hydroxylation sites is 2. The normalized spacial score (nSPS) is 24.7. The van der Waals surface area contributed by atoms with Crippen LogP contribution in [0.5, 0.6) is 0 Å². The first-order valence-corrected chi connectivity index (χ1v) is 22.6. The van der Waals surface area contributed by atoms with E-state index >= 15 is 0 Å². The van der Waals surface area contributed by atoms with Crippen LogP contribution in [0.2, 0.25) is 0 Å². The van der Waals surface area contributed by atoms with E-state index in [0.29, 0.717) is 0 Å². The number of hydrogen-bond donors (Lipinski definition) is 0. The van der Waals surface area contributed by atoms with Gasteiger partial charge >= 0.3 is 0 Å². The van der Waals surface area contributed by atoms with Gasteiger partial charge in [0.25, 0.3) is 0 Å². The molecule has 7 aromatic carbocycles. The molecular formula is C58H52N2. The highest BCUT2D eigenvalue weighted by Gasteiger charge is 2.62. The van der Waals surface area contributed by atoms with E-state index in [1.807, 2.05) is 0 Å². The van der Waals surface area contributed by atoms with Crippen molar-refractivity contribution in [3.63, 3.8) is 0 Å². The van der Waals surface area contributed by atoms with Crippen LogP contribution in [0.1, 0.15) is 93.2 Å². The second kappa shape index (κ2) is 12.1. The van der Waals surface area contributed by atoms with E-state index in [9.17, 15) is 0 Å². The zero-order valence-corrected chi connectivity index (χ0v) is 35.3. The first kappa shape index (κ1) is 34.9. The van der Waals surface area contributed by atoms with Crippen molar-refractivity contribution in [1.29, 1.82) is 0 Å². The lowest BCUT2D eigenvalue weighted by Crippen LogP contribution is -2.58. The highest BCUT2D eigenvalue weighted by Crippen LogP contribution is 2.69. The van der Waals surface area contributed by atoms with Gasteiger partial charge in [-0.15, -0.1) is 0 Å². The van der Waals surface area contributed by atoms with Crippen LogP contribution >= 0.6 is 0 Å². The average Bonchev–Trinajstić information content (AvgIpc) is 3.72. The van der Waals surface area contributed by atoms with Gasteiger partial charge in [-0.1, -0.05) is 125 Å². The smallest absolute Gasteiger partial charge is 0.0541 e. The van der Waals surface area contributed by atoms with E-state index in [1.54, 1.807) is 16.7 Å². The Kier molecular flexibility index (Phi) is 7.06. The molecule has 14 rings (SSSR count). The molecule has 1 spiro atoms. The Balaban J connectivity index is 1.01. The standard InChI is InChI=1S/C58H52N2/c1-56(2)48-16-8-5-13-44(48)45-27-25-42(34-52(45)56)59(40-21-23-41(24-22-40)60-54-19-11-6-14-46(54)47-15-7-12-20-55(47)60)43-26-28-51-53(35-43)57(3,4)49-17-9-10-18-50(49)58(51)38-30-36-29-37(32-38)33-39(58)31-36/h5-28,34-39H,29-33H2,1-4H3. The molecular weight excluding hydrogens is 725 g/mol. The molecule has 4 bridgehead atoms. The lowest BCUT2D eigenvalue weighted by Gasteiger charge is -2.64. The van der Waals surface area contributed by atoms with Crippen molar-refractivity contribution in [2.24, 2.45) is 23.7 Å². The third-order valence-corrected chi connectivity index (χ3v) is 16.6. The SMILES string of the molecule is CC1(C)c2ccccc2-c2ccc(N(c3ccc(-n4c5ccccc5c5ccccc54)cc3)c3ccc4c(c3)C(C)(C)c3ccccc3C43C4CC5CC(C4)CC3C5)cc21. The van der Waals surface area contributed by atoms with E-state index < -0.39 is 0 Å². The van der Waals surface area contributed by atoms with Gasteiger partial charge in [0.05, 0.1) is 11.0 Å². The Labute approximate surface area is 354 Å². The third-order valence-electron chi connectivity index (χ3n) is 16.6. The molecule has 4 fully saturated rings. The molecule has 294 valence electrons. The van der Waals surface area contributed by atoms with Crippen LogP contribution in [0.4, 0.5) is 17.1 Å². The zero-order chi connectivity index (χ0) is 40.1. The molecule has 0 atom stereocenters. The van der Waals surface area contributed by atoms with Crippen LogP contribution in [0.15, 0.2) is 158 Å². The summed E-state index contributed by atoms with van der Waals surface area (Å²) in [4.78, 5) is 2.55. The minimum Gasteiger partial charge on any atom is -0.310 e. The van der Waals surface area contributed by atoms with E-state index in [1.165, 1.54) is 104 Å². The summed E-state index contributed by atoms with van der Waals surface area (Å²) in [5.41, 5.74) is 19.0. The minimum absolute atomic E-state index is 0.0958. The third kappa shape index (κ3) is 4.50. The number of anilines is 3. The van der Waals surface area contributed by atoms with Gasteiger partial charge in [0.15, 0.2) is 0 Å². The van der Waals surface area contributed by atoms with Crippen LogP contribution in [-0.2, 0) is 16.2 Å². The maximum Gasteiger partial charge on any atom is 0.0541 e. The van der Waals surface area contributed by atoms with Crippen LogP contribution in [0.3, 0.4) is 0 Å². The maximum atomic E-state index is 2.62. The largest absolute Gasteiger partial charge is 0.310 e. The van der Waals surface area contributed by atoms with Crippen molar-refractivity contribution in [3.05, 3.63) is 191 Å². The Morgan fingerprint density at radius 1 is 0.417 bits per heavy atom. The van der Waals surface area contributed by atoms with Gasteiger partial charge in [0.1, 0.15) is 0 Å². The molecule has 60 heavy (non-hydrogen) atoms. The number of rotatable bonds is 4. The van der Waals surface area contributed by atoms with Crippen molar-refractivity contribution in [1.82, 2.24) is 4.57 Å². The monoisotopic (exact) mass is 776 g/mol. The molecule has 2 heteroatoms. The topological polar surface area (TPSA) is 8.17 Å². The minimum atomic E-state index is -0.129. The van der Waals surface area contributed by atoms with E-state index in [4.69, 9.17) is 0 Å². The number of fused-ring (bicyclic) bond motifs is 8. The molecule has 0 unspecified atom stereocenters. The number of benzene rings is 7. The zero-order valence-electron chi connectivity index (χ0n) is 35.3.